The molecule has 0 spiro atoms. The van der Waals surface area contributed by atoms with Gasteiger partial charge in [0.05, 0.1) is 6.20 Å². The number of rotatable bonds is 1. The van der Waals surface area contributed by atoms with Gasteiger partial charge in [-0.2, -0.15) is 0 Å². The Labute approximate surface area is 78.0 Å². The number of aryl methyl sites for hydroxylation is 2. The van der Waals surface area contributed by atoms with Crippen LogP contribution in [0.25, 0.3) is 5.69 Å². The molecule has 2 heteroatoms. The van der Waals surface area contributed by atoms with Crippen molar-refractivity contribution in [2.24, 2.45) is 7.05 Å². The van der Waals surface area contributed by atoms with Crippen LogP contribution in [0.4, 0.5) is 0 Å². The van der Waals surface area contributed by atoms with Crippen molar-refractivity contribution in [2.75, 3.05) is 0 Å². The van der Waals surface area contributed by atoms with E-state index in [9.17, 15) is 0 Å². The van der Waals surface area contributed by atoms with Gasteiger partial charge in [-0.1, -0.05) is 18.2 Å². The summed E-state index contributed by atoms with van der Waals surface area (Å²) < 4.78 is 4.18. The lowest BCUT2D eigenvalue weighted by Crippen LogP contribution is -2.36. The molecule has 1 heterocycles. The largest absolute Gasteiger partial charge is 0.195 e. The predicted octanol–water partition coefficient (Wildman–Crippen LogP) is 1.61. The lowest BCUT2D eigenvalue weighted by molar-refractivity contribution is -0.744. The van der Waals surface area contributed by atoms with Crippen LogP contribution in [-0.2, 0) is 7.05 Å². The van der Waals surface area contributed by atoms with Gasteiger partial charge >= 0.3 is 0 Å². The molecule has 0 fully saturated rings. The molecule has 13 heavy (non-hydrogen) atoms. The highest BCUT2D eigenvalue weighted by Gasteiger charge is 2.06. The highest BCUT2D eigenvalue weighted by molar-refractivity contribution is 5.38. The van der Waals surface area contributed by atoms with Gasteiger partial charge in [0.2, 0.25) is 0 Å². The summed E-state index contributed by atoms with van der Waals surface area (Å²) in [4.78, 5) is 0. The molecule has 0 aliphatic rings. The Morgan fingerprint density at radius 2 is 1.92 bits per heavy atom. The van der Waals surface area contributed by atoms with E-state index >= 15 is 0 Å². The second kappa shape index (κ2) is 3.05. The summed E-state index contributed by atoms with van der Waals surface area (Å²) in [5.74, 6) is 0. The lowest BCUT2D eigenvalue weighted by atomic mass is 10.2. The maximum atomic E-state index is 2.12. The van der Waals surface area contributed by atoms with Crippen LogP contribution >= 0.6 is 0 Å². The maximum Gasteiger partial charge on any atom is 0.195 e. The normalized spacial score (nSPS) is 10.3. The third-order valence-electron chi connectivity index (χ3n) is 2.23. The van der Waals surface area contributed by atoms with Gasteiger partial charge in [-0.15, -0.1) is 9.36 Å². The highest BCUT2D eigenvalue weighted by Crippen LogP contribution is 2.10. The van der Waals surface area contributed by atoms with Gasteiger partial charge < -0.3 is 0 Å². The fourth-order valence-electron chi connectivity index (χ4n) is 1.49. The third kappa shape index (κ3) is 1.35. The number of para-hydroxylation sites is 1. The van der Waals surface area contributed by atoms with E-state index in [1.165, 1.54) is 11.3 Å². The van der Waals surface area contributed by atoms with Crippen molar-refractivity contribution in [3.05, 3.63) is 48.3 Å². The van der Waals surface area contributed by atoms with E-state index in [0.717, 1.165) is 0 Å². The van der Waals surface area contributed by atoms with Gasteiger partial charge in [0, 0.05) is 6.07 Å². The fourth-order valence-corrected chi connectivity index (χ4v) is 1.49. The summed E-state index contributed by atoms with van der Waals surface area (Å²) in [6, 6.07) is 10.4. The Balaban J connectivity index is 2.59. The minimum absolute atomic E-state index is 1.23. The number of hydrogen-bond acceptors (Lipinski definition) is 0. The first-order chi connectivity index (χ1) is 6.29. The molecular weight excluding hydrogens is 160 g/mol. The van der Waals surface area contributed by atoms with Crippen molar-refractivity contribution in [3.8, 4) is 5.69 Å². The zero-order valence-electron chi connectivity index (χ0n) is 7.94. The van der Waals surface area contributed by atoms with Crippen molar-refractivity contribution in [1.82, 2.24) is 4.68 Å². The smallest absolute Gasteiger partial charge is 0.128 e. The summed E-state index contributed by atoms with van der Waals surface area (Å²) in [5, 5.41) is 0. The van der Waals surface area contributed by atoms with Crippen LogP contribution in [0.15, 0.2) is 42.7 Å². The zero-order valence-corrected chi connectivity index (χ0v) is 7.94. The van der Waals surface area contributed by atoms with Crippen molar-refractivity contribution >= 4 is 0 Å². The highest BCUT2D eigenvalue weighted by atomic mass is 15.4. The molecule has 0 aliphatic heterocycles. The van der Waals surface area contributed by atoms with Crippen molar-refractivity contribution in [1.29, 1.82) is 0 Å². The molecule has 0 N–H and O–H groups in total. The van der Waals surface area contributed by atoms with Crippen LogP contribution in [0.5, 0.6) is 0 Å². The van der Waals surface area contributed by atoms with E-state index in [1.807, 2.05) is 19.3 Å². The Morgan fingerprint density at radius 1 is 1.15 bits per heavy atom. The molecule has 0 saturated heterocycles. The van der Waals surface area contributed by atoms with E-state index in [-0.39, 0.29) is 0 Å². The summed E-state index contributed by atoms with van der Waals surface area (Å²) in [6.45, 7) is 2.12. The first kappa shape index (κ1) is 8.05. The summed E-state index contributed by atoms with van der Waals surface area (Å²) >= 11 is 0. The van der Waals surface area contributed by atoms with Crippen molar-refractivity contribution in [2.45, 2.75) is 6.92 Å². The first-order valence-corrected chi connectivity index (χ1v) is 4.38. The number of aromatic nitrogens is 2. The second-order valence-electron chi connectivity index (χ2n) is 3.20. The van der Waals surface area contributed by atoms with Crippen LogP contribution in [0, 0.1) is 6.92 Å². The van der Waals surface area contributed by atoms with Gasteiger partial charge in [0.15, 0.2) is 13.2 Å². The maximum absolute atomic E-state index is 2.12. The molecule has 2 nitrogen and oxygen atoms in total. The summed E-state index contributed by atoms with van der Waals surface area (Å²) in [7, 11) is 2.03. The van der Waals surface area contributed by atoms with E-state index < -0.39 is 0 Å². The Bertz CT molecular complexity index is 416. The SMILES string of the molecule is Cc1ccccc1-n1ccc[n+]1C. The molecule has 0 saturated carbocycles. The Hall–Kier alpha value is -1.57. The molecular formula is C11H13N2+. The Kier molecular flexibility index (Phi) is 1.89. The molecule has 0 amide bonds. The lowest BCUT2D eigenvalue weighted by Gasteiger charge is -2.02. The van der Waals surface area contributed by atoms with Gasteiger partial charge in [-0.3, -0.25) is 0 Å². The molecule has 2 aromatic rings. The average molecular weight is 173 g/mol. The van der Waals surface area contributed by atoms with Gasteiger partial charge in [-0.05, 0) is 18.6 Å². The minimum Gasteiger partial charge on any atom is -0.128 e. The summed E-state index contributed by atoms with van der Waals surface area (Å²) in [6.07, 6.45) is 4.09. The molecule has 0 atom stereocenters. The average Bonchev–Trinajstić information content (AvgIpc) is 2.52. The number of nitrogens with zero attached hydrogens (tertiary/aromatic N) is 2. The molecule has 1 aromatic carbocycles. The predicted molar refractivity (Wildman–Crippen MR) is 51.7 cm³/mol. The van der Waals surface area contributed by atoms with Crippen LogP contribution in [-0.4, -0.2) is 4.68 Å². The summed E-state index contributed by atoms with van der Waals surface area (Å²) in [5.41, 5.74) is 2.52. The molecule has 2 rings (SSSR count). The van der Waals surface area contributed by atoms with Gasteiger partial charge in [0.1, 0.15) is 5.69 Å². The fraction of sp³-hybridized carbons (Fsp3) is 0.182. The first-order valence-electron chi connectivity index (χ1n) is 4.38. The monoisotopic (exact) mass is 173 g/mol. The molecule has 0 aliphatic carbocycles. The Morgan fingerprint density at radius 3 is 2.54 bits per heavy atom. The van der Waals surface area contributed by atoms with Crippen molar-refractivity contribution < 1.29 is 4.68 Å². The van der Waals surface area contributed by atoms with Crippen molar-refractivity contribution in [3.63, 3.8) is 0 Å². The quantitative estimate of drug-likeness (QED) is 0.579. The number of hydrogen-bond donors (Lipinski definition) is 0. The number of benzene rings is 1. The topological polar surface area (TPSA) is 8.81 Å². The molecule has 0 bridgehead atoms. The van der Waals surface area contributed by atoms with E-state index in [2.05, 4.69) is 46.7 Å². The van der Waals surface area contributed by atoms with Crippen LogP contribution < -0.4 is 4.68 Å². The van der Waals surface area contributed by atoms with Gasteiger partial charge in [-0.25, -0.2) is 0 Å². The van der Waals surface area contributed by atoms with E-state index in [1.54, 1.807) is 0 Å². The van der Waals surface area contributed by atoms with Gasteiger partial charge in [0.25, 0.3) is 0 Å². The minimum atomic E-state index is 1.23. The van der Waals surface area contributed by atoms with Crippen LogP contribution in [0.1, 0.15) is 5.56 Å². The van der Waals surface area contributed by atoms with Crippen LogP contribution in [0.2, 0.25) is 0 Å². The van der Waals surface area contributed by atoms with Crippen LogP contribution in [0.3, 0.4) is 0 Å². The molecule has 0 unspecified atom stereocenters. The molecule has 1 aromatic heterocycles. The zero-order chi connectivity index (χ0) is 9.26. The van der Waals surface area contributed by atoms with E-state index in [4.69, 9.17) is 0 Å². The third-order valence-corrected chi connectivity index (χ3v) is 2.23. The standard InChI is InChI=1S/C11H13N2/c1-10-6-3-4-7-11(10)13-9-5-8-12(13)2/h3-9H,1-2H3/q+1. The van der Waals surface area contributed by atoms with E-state index in [0.29, 0.717) is 0 Å². The molecule has 66 valence electrons. The molecule has 0 radical (unpaired) electrons. The second-order valence-corrected chi connectivity index (χ2v) is 3.20.